The van der Waals surface area contributed by atoms with Gasteiger partial charge in [-0.05, 0) is 37.8 Å². The van der Waals surface area contributed by atoms with Crippen molar-refractivity contribution in [3.8, 4) is 0 Å². The van der Waals surface area contributed by atoms with Crippen LogP contribution >= 0.6 is 0 Å². The lowest BCUT2D eigenvalue weighted by Crippen LogP contribution is -2.35. The van der Waals surface area contributed by atoms with Gasteiger partial charge in [-0.2, -0.15) is 4.31 Å². The summed E-state index contributed by atoms with van der Waals surface area (Å²) in [4.78, 5) is 10.9. The second kappa shape index (κ2) is 7.04. The van der Waals surface area contributed by atoms with Crippen molar-refractivity contribution in [1.82, 2.24) is 9.31 Å². The van der Waals surface area contributed by atoms with Crippen LogP contribution in [0.25, 0.3) is 0 Å². The van der Waals surface area contributed by atoms with Crippen LogP contribution in [0.3, 0.4) is 0 Å². The lowest BCUT2D eigenvalue weighted by Gasteiger charge is -2.27. The number of hydrogen-bond acceptors (Lipinski definition) is 6. The van der Waals surface area contributed by atoms with Gasteiger partial charge in [0, 0.05) is 32.2 Å². The van der Waals surface area contributed by atoms with Crippen LogP contribution in [0.2, 0.25) is 0 Å². The predicted molar refractivity (Wildman–Crippen MR) is 90.1 cm³/mol. The van der Waals surface area contributed by atoms with E-state index in [0.717, 1.165) is 45.2 Å². The molecule has 132 valence electrons. The van der Waals surface area contributed by atoms with Gasteiger partial charge in [-0.25, -0.2) is 13.4 Å². The van der Waals surface area contributed by atoms with Crippen LogP contribution in [-0.4, -0.2) is 48.8 Å². The topological polar surface area (TPSA) is 95.8 Å². The highest BCUT2D eigenvalue weighted by atomic mass is 32.2. The van der Waals surface area contributed by atoms with E-state index in [0.29, 0.717) is 18.8 Å². The van der Waals surface area contributed by atoms with E-state index in [1.165, 1.54) is 22.5 Å². The average molecular weight is 354 g/mol. The first kappa shape index (κ1) is 17.1. The fraction of sp³-hybridized carbons (Fsp3) is 0.600. The number of anilines is 1. The van der Waals surface area contributed by atoms with Crippen LogP contribution in [0.1, 0.15) is 32.1 Å². The fourth-order valence-corrected chi connectivity index (χ4v) is 4.71. The maximum Gasteiger partial charge on any atom is 0.295 e. The average Bonchev–Trinajstić information content (AvgIpc) is 3.11. The largest absolute Gasteiger partial charge is 0.313 e. The molecule has 9 heteroatoms. The first-order valence-electron chi connectivity index (χ1n) is 8.29. The van der Waals surface area contributed by atoms with Crippen LogP contribution in [0.5, 0.6) is 0 Å². The predicted octanol–water partition coefficient (Wildman–Crippen LogP) is 2.19. The normalized spacial score (nSPS) is 20.2. The zero-order valence-corrected chi connectivity index (χ0v) is 14.3. The Morgan fingerprint density at radius 2 is 1.62 bits per heavy atom. The number of nitro benzene ring substituents is 1. The van der Waals surface area contributed by atoms with Gasteiger partial charge in [-0.3, -0.25) is 10.1 Å². The molecule has 24 heavy (non-hydrogen) atoms. The van der Waals surface area contributed by atoms with E-state index in [1.807, 2.05) is 5.01 Å². The molecule has 0 aromatic heterocycles. The zero-order valence-electron chi connectivity index (χ0n) is 13.5. The molecule has 2 heterocycles. The Hall–Kier alpha value is -1.71. The van der Waals surface area contributed by atoms with Gasteiger partial charge < -0.3 is 5.43 Å². The summed E-state index contributed by atoms with van der Waals surface area (Å²) < 4.78 is 26.6. The number of nitrogens with zero attached hydrogens (tertiary/aromatic N) is 3. The maximum atomic E-state index is 12.6. The van der Waals surface area contributed by atoms with Gasteiger partial charge >= 0.3 is 0 Å². The van der Waals surface area contributed by atoms with Crippen LogP contribution in [0.4, 0.5) is 11.4 Å². The highest BCUT2D eigenvalue weighted by Gasteiger charge is 2.29. The molecule has 3 rings (SSSR count). The molecule has 2 fully saturated rings. The Balaban J connectivity index is 1.88. The molecule has 1 aromatic carbocycles. The molecular formula is C15H22N4O4S. The lowest BCUT2D eigenvalue weighted by atomic mass is 10.2. The minimum atomic E-state index is -3.66. The van der Waals surface area contributed by atoms with E-state index in [2.05, 4.69) is 5.43 Å². The Morgan fingerprint density at radius 1 is 1.00 bits per heavy atom. The van der Waals surface area contributed by atoms with Crippen LogP contribution < -0.4 is 5.43 Å². The molecule has 2 aliphatic rings. The number of hydrazine groups is 1. The van der Waals surface area contributed by atoms with Crippen molar-refractivity contribution in [3.05, 3.63) is 28.3 Å². The van der Waals surface area contributed by atoms with Crippen molar-refractivity contribution in [3.63, 3.8) is 0 Å². The van der Waals surface area contributed by atoms with Gasteiger partial charge in [-0.1, -0.05) is 6.42 Å². The van der Waals surface area contributed by atoms with Crippen molar-refractivity contribution >= 4 is 21.4 Å². The monoisotopic (exact) mass is 354 g/mol. The van der Waals surface area contributed by atoms with Crippen LogP contribution in [-0.2, 0) is 10.0 Å². The van der Waals surface area contributed by atoms with Gasteiger partial charge in [0.05, 0.1) is 9.82 Å². The van der Waals surface area contributed by atoms with Gasteiger partial charge in [0.1, 0.15) is 5.69 Å². The molecule has 2 saturated heterocycles. The van der Waals surface area contributed by atoms with E-state index in [-0.39, 0.29) is 10.6 Å². The molecule has 0 bridgehead atoms. The Morgan fingerprint density at radius 3 is 2.25 bits per heavy atom. The van der Waals surface area contributed by atoms with Crippen molar-refractivity contribution < 1.29 is 13.3 Å². The number of hydrogen-bond donors (Lipinski definition) is 1. The van der Waals surface area contributed by atoms with E-state index in [9.17, 15) is 18.5 Å². The summed E-state index contributed by atoms with van der Waals surface area (Å²) in [5.41, 5.74) is 3.19. The maximum absolute atomic E-state index is 12.6. The number of rotatable bonds is 5. The smallest absolute Gasteiger partial charge is 0.295 e. The third-order valence-electron chi connectivity index (χ3n) is 4.50. The van der Waals surface area contributed by atoms with E-state index in [1.54, 1.807) is 0 Å². The summed E-state index contributed by atoms with van der Waals surface area (Å²) in [6.45, 7) is 2.60. The van der Waals surface area contributed by atoms with Crippen LogP contribution in [0.15, 0.2) is 23.1 Å². The van der Waals surface area contributed by atoms with E-state index >= 15 is 0 Å². The summed E-state index contributed by atoms with van der Waals surface area (Å²) in [5.74, 6) is 0. The number of sulfonamides is 1. The van der Waals surface area contributed by atoms with Crippen molar-refractivity contribution in [2.75, 3.05) is 31.6 Å². The molecule has 0 amide bonds. The Kier molecular flexibility index (Phi) is 5.02. The molecule has 1 aromatic rings. The molecule has 1 N–H and O–H groups in total. The Labute approximate surface area is 141 Å². The number of nitrogens with one attached hydrogen (secondary N) is 1. The quantitative estimate of drug-likeness (QED) is 0.643. The summed E-state index contributed by atoms with van der Waals surface area (Å²) in [7, 11) is -3.66. The minimum absolute atomic E-state index is 0.0136. The second-order valence-corrected chi connectivity index (χ2v) is 8.14. The zero-order chi connectivity index (χ0) is 17.2. The van der Waals surface area contributed by atoms with Gasteiger partial charge in [0.25, 0.3) is 5.69 Å². The summed E-state index contributed by atoms with van der Waals surface area (Å²) in [6, 6.07) is 4.11. The molecule has 8 nitrogen and oxygen atoms in total. The Bertz CT molecular complexity index is 710. The first-order chi connectivity index (χ1) is 11.5. The number of benzene rings is 1. The van der Waals surface area contributed by atoms with E-state index < -0.39 is 14.9 Å². The third kappa shape index (κ3) is 3.52. The van der Waals surface area contributed by atoms with Gasteiger partial charge in [0.15, 0.2) is 0 Å². The lowest BCUT2D eigenvalue weighted by molar-refractivity contribution is -0.384. The number of nitro groups is 1. The molecule has 0 aliphatic carbocycles. The van der Waals surface area contributed by atoms with Crippen molar-refractivity contribution in [1.29, 1.82) is 0 Å². The molecule has 0 unspecified atom stereocenters. The molecule has 0 radical (unpaired) electrons. The first-order valence-corrected chi connectivity index (χ1v) is 9.73. The molecule has 2 aliphatic heterocycles. The summed E-state index contributed by atoms with van der Waals surface area (Å²) in [5, 5.41) is 13.3. The van der Waals surface area contributed by atoms with E-state index in [4.69, 9.17) is 0 Å². The summed E-state index contributed by atoms with van der Waals surface area (Å²) in [6.07, 6.45) is 4.91. The highest BCUT2D eigenvalue weighted by Crippen LogP contribution is 2.30. The molecule has 0 atom stereocenters. The fourth-order valence-electron chi connectivity index (χ4n) is 3.17. The standard InChI is InChI=1S/C15H22N4O4S/c20-19(21)15-12-13(24(22,23)18-10-4-5-11-18)6-7-14(15)16-17-8-2-1-3-9-17/h6-7,12,16H,1-5,8-11H2. The van der Waals surface area contributed by atoms with Crippen molar-refractivity contribution in [2.45, 2.75) is 37.0 Å². The van der Waals surface area contributed by atoms with Gasteiger partial charge in [0.2, 0.25) is 10.0 Å². The minimum Gasteiger partial charge on any atom is -0.313 e. The third-order valence-corrected chi connectivity index (χ3v) is 6.40. The molecule has 0 saturated carbocycles. The molecular weight excluding hydrogens is 332 g/mol. The molecule has 0 spiro atoms. The SMILES string of the molecule is O=[N+]([O-])c1cc(S(=O)(=O)N2CCCC2)ccc1NN1CCCCC1. The van der Waals surface area contributed by atoms with Gasteiger partial charge in [-0.15, -0.1) is 0 Å². The second-order valence-electron chi connectivity index (χ2n) is 6.21. The number of piperidine rings is 1. The van der Waals surface area contributed by atoms with Crippen LogP contribution in [0, 0.1) is 10.1 Å². The highest BCUT2D eigenvalue weighted by molar-refractivity contribution is 7.89. The van der Waals surface area contributed by atoms with Crippen molar-refractivity contribution in [2.24, 2.45) is 0 Å². The summed E-state index contributed by atoms with van der Waals surface area (Å²) >= 11 is 0.